The summed E-state index contributed by atoms with van der Waals surface area (Å²) in [6, 6.07) is 29.7. The van der Waals surface area contributed by atoms with Crippen molar-refractivity contribution in [3.63, 3.8) is 0 Å². The number of pyridine rings is 1. The van der Waals surface area contributed by atoms with Crippen LogP contribution in [0.15, 0.2) is 89.9 Å². The summed E-state index contributed by atoms with van der Waals surface area (Å²) in [6.07, 6.45) is 0. The minimum absolute atomic E-state index is 0.0776. The summed E-state index contributed by atoms with van der Waals surface area (Å²) in [5.74, 6) is 1.01. The smallest absolute Gasteiger partial charge is 0.137 e. The molecule has 1 aliphatic rings. The predicted molar refractivity (Wildman–Crippen MR) is 140 cm³/mol. The minimum Gasteiger partial charge on any atom is -0.353 e. The predicted octanol–water partition coefficient (Wildman–Crippen LogP) is 6.97. The van der Waals surface area contributed by atoms with E-state index < -0.39 is 0 Å². The molecule has 0 saturated heterocycles. The molecule has 1 N–H and O–H groups in total. The fraction of sp³-hybridized carbons (Fsp3) is 0.241. The van der Waals surface area contributed by atoms with Crippen molar-refractivity contribution in [2.45, 2.75) is 33.7 Å². The van der Waals surface area contributed by atoms with Gasteiger partial charge in [0.1, 0.15) is 5.84 Å². The summed E-state index contributed by atoms with van der Waals surface area (Å²) in [4.78, 5) is 12.4. The number of fused-ring (bicyclic) bond motifs is 1. The fourth-order valence-electron chi connectivity index (χ4n) is 4.31. The summed E-state index contributed by atoms with van der Waals surface area (Å²) >= 11 is 0. The summed E-state index contributed by atoms with van der Waals surface area (Å²) in [5, 5.41) is 4.80. The van der Waals surface area contributed by atoms with E-state index in [0.29, 0.717) is 0 Å². The van der Waals surface area contributed by atoms with E-state index in [2.05, 4.69) is 116 Å². The Morgan fingerprint density at radius 1 is 0.818 bits per heavy atom. The summed E-state index contributed by atoms with van der Waals surface area (Å²) in [6.45, 7) is 9.69. The number of hydrogen-bond donors (Lipinski definition) is 1. The van der Waals surface area contributed by atoms with Crippen molar-refractivity contribution in [1.29, 1.82) is 0 Å². The van der Waals surface area contributed by atoms with E-state index in [-0.39, 0.29) is 11.5 Å². The molecule has 4 aromatic rings. The number of benzene rings is 3. The molecule has 0 saturated carbocycles. The molecule has 1 aromatic heterocycles. The fourth-order valence-corrected chi connectivity index (χ4v) is 4.31. The third-order valence-corrected chi connectivity index (χ3v) is 6.25. The third kappa shape index (κ3) is 4.21. The van der Waals surface area contributed by atoms with Gasteiger partial charge >= 0.3 is 0 Å². The number of anilines is 3. The van der Waals surface area contributed by atoms with Crippen molar-refractivity contribution in [3.8, 4) is 0 Å². The topological polar surface area (TPSA) is 40.5 Å². The van der Waals surface area contributed by atoms with Crippen LogP contribution in [0, 0.1) is 12.3 Å². The Hall–Kier alpha value is -3.66. The Morgan fingerprint density at radius 2 is 1.55 bits per heavy atom. The number of para-hydroxylation sites is 3. The molecular formula is C29H30N4. The largest absolute Gasteiger partial charge is 0.353 e. The molecule has 33 heavy (non-hydrogen) atoms. The molecule has 0 aliphatic carbocycles. The van der Waals surface area contributed by atoms with Crippen LogP contribution in [0.3, 0.4) is 0 Å². The number of aliphatic imine (C=N–C) groups is 1. The maximum absolute atomic E-state index is 5.25. The SMILES string of the molecule is Cc1ccc2cccc(Nc3ccccc3C3=NC(C(C)(C)C)CN3c3ccccc3)c2n1. The van der Waals surface area contributed by atoms with E-state index in [1.807, 2.05) is 6.92 Å². The van der Waals surface area contributed by atoms with Crippen LogP contribution in [0.1, 0.15) is 32.0 Å². The Bertz CT molecular complexity index is 1320. The Morgan fingerprint density at radius 3 is 2.33 bits per heavy atom. The molecule has 1 unspecified atom stereocenters. The molecule has 0 spiro atoms. The maximum atomic E-state index is 5.25. The van der Waals surface area contributed by atoms with Crippen LogP contribution < -0.4 is 10.2 Å². The van der Waals surface area contributed by atoms with E-state index in [1.165, 1.54) is 5.69 Å². The lowest BCUT2D eigenvalue weighted by atomic mass is 9.87. The molecule has 3 aromatic carbocycles. The maximum Gasteiger partial charge on any atom is 0.137 e. The first kappa shape index (κ1) is 21.2. The van der Waals surface area contributed by atoms with Crippen LogP contribution >= 0.6 is 0 Å². The van der Waals surface area contributed by atoms with Crippen molar-refractivity contribution in [1.82, 2.24) is 4.98 Å². The second-order valence-corrected chi connectivity index (χ2v) is 9.78. The molecule has 0 amide bonds. The van der Waals surface area contributed by atoms with Gasteiger partial charge in [-0.25, -0.2) is 0 Å². The van der Waals surface area contributed by atoms with Gasteiger partial charge in [0.25, 0.3) is 0 Å². The number of nitrogens with zero attached hydrogens (tertiary/aromatic N) is 3. The second kappa shape index (κ2) is 8.36. The van der Waals surface area contributed by atoms with E-state index >= 15 is 0 Å². The highest BCUT2D eigenvalue weighted by Crippen LogP contribution is 2.35. The van der Waals surface area contributed by atoms with Gasteiger partial charge in [0.15, 0.2) is 0 Å². The van der Waals surface area contributed by atoms with Crippen molar-refractivity contribution in [2.24, 2.45) is 10.4 Å². The van der Waals surface area contributed by atoms with Crippen LogP contribution in [0.25, 0.3) is 10.9 Å². The van der Waals surface area contributed by atoms with Crippen molar-refractivity contribution in [3.05, 3.63) is 96.2 Å². The van der Waals surface area contributed by atoms with Crippen molar-refractivity contribution < 1.29 is 0 Å². The van der Waals surface area contributed by atoms with Gasteiger partial charge in [0.2, 0.25) is 0 Å². The highest BCUT2D eigenvalue weighted by molar-refractivity contribution is 6.15. The van der Waals surface area contributed by atoms with Crippen LogP contribution in [0.4, 0.5) is 17.1 Å². The molecule has 1 aliphatic heterocycles. The summed E-state index contributed by atoms with van der Waals surface area (Å²) in [5.41, 5.74) is 6.36. The number of amidine groups is 1. The molecule has 4 heteroatoms. The van der Waals surface area contributed by atoms with Gasteiger partial charge in [-0.3, -0.25) is 9.98 Å². The van der Waals surface area contributed by atoms with Crippen LogP contribution in [0.5, 0.6) is 0 Å². The lowest BCUT2D eigenvalue weighted by Gasteiger charge is -2.26. The van der Waals surface area contributed by atoms with Gasteiger partial charge in [-0.2, -0.15) is 0 Å². The van der Waals surface area contributed by atoms with Gasteiger partial charge in [-0.15, -0.1) is 0 Å². The van der Waals surface area contributed by atoms with Crippen molar-refractivity contribution in [2.75, 3.05) is 16.8 Å². The number of nitrogens with one attached hydrogen (secondary N) is 1. The highest BCUT2D eigenvalue weighted by atomic mass is 15.3. The second-order valence-electron chi connectivity index (χ2n) is 9.78. The molecule has 4 nitrogen and oxygen atoms in total. The Kier molecular flexibility index (Phi) is 5.37. The zero-order chi connectivity index (χ0) is 23.0. The van der Waals surface area contributed by atoms with E-state index in [9.17, 15) is 0 Å². The van der Waals surface area contributed by atoms with E-state index in [4.69, 9.17) is 9.98 Å². The normalized spacial score (nSPS) is 16.2. The molecular weight excluding hydrogens is 404 g/mol. The summed E-state index contributed by atoms with van der Waals surface area (Å²) in [7, 11) is 0. The highest BCUT2D eigenvalue weighted by Gasteiger charge is 2.35. The zero-order valence-corrected chi connectivity index (χ0v) is 19.7. The summed E-state index contributed by atoms with van der Waals surface area (Å²) < 4.78 is 0. The first-order valence-electron chi connectivity index (χ1n) is 11.5. The average molecular weight is 435 g/mol. The van der Waals surface area contributed by atoms with Gasteiger partial charge in [-0.05, 0) is 48.7 Å². The number of hydrogen-bond acceptors (Lipinski definition) is 4. The molecule has 166 valence electrons. The van der Waals surface area contributed by atoms with Crippen LogP contribution in [-0.4, -0.2) is 23.4 Å². The first-order valence-corrected chi connectivity index (χ1v) is 11.5. The average Bonchev–Trinajstić information content (AvgIpc) is 3.26. The standard InChI is InChI=1S/C29H30N4/c1-20-17-18-21-11-10-16-25(27(21)30-20)31-24-15-9-8-14-23(24)28-32-26(29(2,3)4)19-33(28)22-12-6-5-7-13-22/h5-18,26,31H,19H2,1-4H3. The lowest BCUT2D eigenvalue weighted by Crippen LogP contribution is -2.34. The zero-order valence-electron chi connectivity index (χ0n) is 19.7. The first-order chi connectivity index (χ1) is 15.9. The lowest BCUT2D eigenvalue weighted by molar-refractivity contribution is 0.337. The molecule has 5 rings (SSSR count). The van der Waals surface area contributed by atoms with Crippen molar-refractivity contribution >= 4 is 33.8 Å². The third-order valence-electron chi connectivity index (χ3n) is 6.25. The quantitative estimate of drug-likeness (QED) is 0.377. The van der Waals surface area contributed by atoms with E-state index in [0.717, 1.165) is 45.9 Å². The number of aryl methyl sites for hydroxylation is 1. The number of aromatic nitrogens is 1. The van der Waals surface area contributed by atoms with Crippen LogP contribution in [0.2, 0.25) is 0 Å². The molecule has 0 fully saturated rings. The Balaban J connectivity index is 1.60. The van der Waals surface area contributed by atoms with Gasteiger partial charge < -0.3 is 10.2 Å². The molecule has 0 radical (unpaired) electrons. The van der Waals surface area contributed by atoms with Gasteiger partial charge in [0, 0.05) is 34.6 Å². The van der Waals surface area contributed by atoms with Crippen LogP contribution in [-0.2, 0) is 0 Å². The monoisotopic (exact) mass is 434 g/mol. The molecule has 0 bridgehead atoms. The minimum atomic E-state index is 0.0776. The Labute approximate surface area is 196 Å². The van der Waals surface area contributed by atoms with E-state index in [1.54, 1.807) is 0 Å². The van der Waals surface area contributed by atoms with Gasteiger partial charge in [0.05, 0.1) is 17.2 Å². The molecule has 2 heterocycles. The number of rotatable bonds is 4. The molecule has 1 atom stereocenters. The van der Waals surface area contributed by atoms with Gasteiger partial charge in [-0.1, -0.05) is 69.3 Å².